The first-order valence-electron chi connectivity index (χ1n) is 3.80. The van der Waals surface area contributed by atoms with Crippen molar-refractivity contribution < 1.29 is 14.3 Å². The van der Waals surface area contributed by atoms with Crippen LogP contribution in [-0.2, 0) is 9.53 Å². The normalized spacial score (nSPS) is 10.8. The fourth-order valence-corrected chi connectivity index (χ4v) is 0.611. The van der Waals surface area contributed by atoms with Gasteiger partial charge in [-0.25, -0.2) is 10.2 Å². The molecule has 74 valence electrons. The SMILES string of the molecule is CCOC(=O)C/C(C)=N\NC(N)=O. The third-order valence-electron chi connectivity index (χ3n) is 1.06. The first-order valence-corrected chi connectivity index (χ1v) is 3.80. The predicted molar refractivity (Wildman–Crippen MR) is 47.1 cm³/mol. The van der Waals surface area contributed by atoms with Crippen molar-refractivity contribution in [2.75, 3.05) is 6.61 Å². The predicted octanol–water partition coefficient (Wildman–Crippen LogP) is -0.0162. The standard InChI is InChI=1S/C7H13N3O3/c1-3-13-6(11)4-5(2)9-10-7(8)12/h3-4H2,1-2H3,(H3,8,10,12)/b9-5-. The van der Waals surface area contributed by atoms with Gasteiger partial charge in [0, 0.05) is 5.71 Å². The Bertz CT molecular complexity index is 225. The molecule has 0 aromatic heterocycles. The van der Waals surface area contributed by atoms with Gasteiger partial charge in [0.25, 0.3) is 0 Å². The molecule has 0 atom stereocenters. The lowest BCUT2D eigenvalue weighted by molar-refractivity contribution is -0.141. The number of carbonyl (C=O) groups is 2. The van der Waals surface area contributed by atoms with Crippen LogP contribution in [0.5, 0.6) is 0 Å². The molecule has 0 saturated carbocycles. The number of ether oxygens (including phenoxy) is 1. The van der Waals surface area contributed by atoms with Crippen LogP contribution >= 0.6 is 0 Å². The molecule has 0 aromatic rings. The topological polar surface area (TPSA) is 93.8 Å². The zero-order valence-electron chi connectivity index (χ0n) is 7.66. The highest BCUT2D eigenvalue weighted by Gasteiger charge is 2.03. The van der Waals surface area contributed by atoms with Crippen LogP contribution < -0.4 is 11.2 Å². The van der Waals surface area contributed by atoms with Crippen molar-refractivity contribution in [1.82, 2.24) is 5.43 Å². The number of nitrogens with zero attached hydrogens (tertiary/aromatic N) is 1. The summed E-state index contributed by atoms with van der Waals surface area (Å²) >= 11 is 0. The summed E-state index contributed by atoms with van der Waals surface area (Å²) in [6.45, 7) is 3.63. The van der Waals surface area contributed by atoms with Crippen LogP contribution in [0, 0.1) is 0 Å². The molecule has 13 heavy (non-hydrogen) atoms. The third-order valence-corrected chi connectivity index (χ3v) is 1.06. The number of amides is 2. The van der Waals surface area contributed by atoms with Gasteiger partial charge in [0.05, 0.1) is 13.0 Å². The van der Waals surface area contributed by atoms with E-state index in [1.54, 1.807) is 13.8 Å². The van der Waals surface area contributed by atoms with Gasteiger partial charge in [0.15, 0.2) is 0 Å². The van der Waals surface area contributed by atoms with E-state index >= 15 is 0 Å². The van der Waals surface area contributed by atoms with Crippen LogP contribution in [0.1, 0.15) is 20.3 Å². The molecular weight excluding hydrogens is 174 g/mol. The van der Waals surface area contributed by atoms with Crippen molar-refractivity contribution in [3.63, 3.8) is 0 Å². The van der Waals surface area contributed by atoms with E-state index in [1.807, 2.05) is 5.43 Å². The summed E-state index contributed by atoms with van der Waals surface area (Å²) < 4.78 is 4.66. The van der Waals surface area contributed by atoms with Gasteiger partial charge in [-0.05, 0) is 13.8 Å². The van der Waals surface area contributed by atoms with Gasteiger partial charge in [-0.3, -0.25) is 4.79 Å². The van der Waals surface area contributed by atoms with Crippen LogP contribution in [0.3, 0.4) is 0 Å². The lowest BCUT2D eigenvalue weighted by Gasteiger charge is -2.00. The molecule has 0 unspecified atom stereocenters. The van der Waals surface area contributed by atoms with E-state index in [1.165, 1.54) is 0 Å². The minimum atomic E-state index is -0.761. The van der Waals surface area contributed by atoms with E-state index < -0.39 is 6.03 Å². The van der Waals surface area contributed by atoms with Gasteiger partial charge < -0.3 is 10.5 Å². The van der Waals surface area contributed by atoms with Crippen molar-refractivity contribution in [2.45, 2.75) is 20.3 Å². The zero-order valence-corrected chi connectivity index (χ0v) is 7.66. The molecule has 2 amide bonds. The largest absolute Gasteiger partial charge is 0.466 e. The Morgan fingerprint density at radius 1 is 1.54 bits per heavy atom. The highest BCUT2D eigenvalue weighted by molar-refractivity contribution is 5.97. The number of urea groups is 1. The van der Waals surface area contributed by atoms with Crippen LogP contribution in [-0.4, -0.2) is 24.3 Å². The molecule has 0 heterocycles. The monoisotopic (exact) mass is 187 g/mol. The molecule has 0 bridgehead atoms. The first kappa shape index (κ1) is 11.4. The molecule has 0 aromatic carbocycles. The van der Waals surface area contributed by atoms with Crippen LogP contribution in [0.2, 0.25) is 0 Å². The number of primary amides is 1. The molecule has 0 saturated heterocycles. The van der Waals surface area contributed by atoms with E-state index in [2.05, 4.69) is 9.84 Å². The summed E-state index contributed by atoms with van der Waals surface area (Å²) in [4.78, 5) is 21.1. The molecular formula is C7H13N3O3. The van der Waals surface area contributed by atoms with E-state index in [9.17, 15) is 9.59 Å². The number of nitrogens with two attached hydrogens (primary N) is 1. The Morgan fingerprint density at radius 2 is 2.15 bits per heavy atom. The Hall–Kier alpha value is -1.59. The lowest BCUT2D eigenvalue weighted by Crippen LogP contribution is -2.25. The number of carbonyl (C=O) groups excluding carboxylic acids is 2. The molecule has 0 aliphatic carbocycles. The molecule has 3 N–H and O–H groups in total. The van der Waals surface area contributed by atoms with Crippen molar-refractivity contribution in [3.05, 3.63) is 0 Å². The molecule has 0 aliphatic rings. The van der Waals surface area contributed by atoms with Gasteiger partial charge in [-0.2, -0.15) is 5.10 Å². The second-order valence-corrected chi connectivity index (χ2v) is 2.30. The number of rotatable bonds is 4. The summed E-state index contributed by atoms with van der Waals surface area (Å²) in [5, 5.41) is 3.54. The molecule has 6 heteroatoms. The smallest absolute Gasteiger partial charge is 0.332 e. The second kappa shape index (κ2) is 5.99. The Morgan fingerprint density at radius 3 is 2.62 bits per heavy atom. The summed E-state index contributed by atoms with van der Waals surface area (Å²) in [6.07, 6.45) is 0.0497. The fourth-order valence-electron chi connectivity index (χ4n) is 0.611. The zero-order chi connectivity index (χ0) is 10.3. The van der Waals surface area contributed by atoms with Crippen LogP contribution in [0.15, 0.2) is 5.10 Å². The van der Waals surface area contributed by atoms with E-state index in [0.717, 1.165) is 0 Å². The molecule has 0 aliphatic heterocycles. The molecule has 0 rings (SSSR count). The third kappa shape index (κ3) is 6.79. The average molecular weight is 187 g/mol. The van der Waals surface area contributed by atoms with Crippen LogP contribution in [0.25, 0.3) is 0 Å². The summed E-state index contributed by atoms with van der Waals surface area (Å²) in [5.74, 6) is -0.380. The van der Waals surface area contributed by atoms with E-state index in [-0.39, 0.29) is 12.4 Å². The summed E-state index contributed by atoms with van der Waals surface area (Å²) in [6, 6.07) is -0.761. The lowest BCUT2D eigenvalue weighted by atomic mass is 10.3. The van der Waals surface area contributed by atoms with Crippen molar-refractivity contribution in [3.8, 4) is 0 Å². The second-order valence-electron chi connectivity index (χ2n) is 2.30. The average Bonchev–Trinajstić information content (AvgIpc) is 2.01. The number of esters is 1. The van der Waals surface area contributed by atoms with Crippen molar-refractivity contribution in [1.29, 1.82) is 0 Å². The number of hydrazone groups is 1. The summed E-state index contributed by atoms with van der Waals surface area (Å²) in [5.41, 5.74) is 7.21. The Balaban J connectivity index is 3.84. The highest BCUT2D eigenvalue weighted by Crippen LogP contribution is 1.89. The molecule has 6 nitrogen and oxygen atoms in total. The molecule has 0 spiro atoms. The minimum Gasteiger partial charge on any atom is -0.466 e. The van der Waals surface area contributed by atoms with E-state index in [0.29, 0.717) is 12.3 Å². The molecule has 0 fully saturated rings. The van der Waals surface area contributed by atoms with Gasteiger partial charge >= 0.3 is 12.0 Å². The summed E-state index contributed by atoms with van der Waals surface area (Å²) in [7, 11) is 0. The number of hydrogen-bond acceptors (Lipinski definition) is 4. The number of nitrogens with one attached hydrogen (secondary N) is 1. The first-order chi connectivity index (χ1) is 6.06. The van der Waals surface area contributed by atoms with E-state index in [4.69, 9.17) is 5.73 Å². The maximum absolute atomic E-state index is 10.9. The maximum Gasteiger partial charge on any atom is 0.332 e. The number of hydrogen-bond donors (Lipinski definition) is 2. The maximum atomic E-state index is 10.9. The van der Waals surface area contributed by atoms with Crippen molar-refractivity contribution >= 4 is 17.7 Å². The quantitative estimate of drug-likeness (QED) is 0.368. The van der Waals surface area contributed by atoms with Gasteiger partial charge in [0.2, 0.25) is 0 Å². The highest BCUT2D eigenvalue weighted by atomic mass is 16.5. The fraction of sp³-hybridized carbons (Fsp3) is 0.571. The minimum absolute atomic E-state index is 0.0497. The van der Waals surface area contributed by atoms with Crippen molar-refractivity contribution in [2.24, 2.45) is 10.8 Å². The van der Waals surface area contributed by atoms with Crippen LogP contribution in [0.4, 0.5) is 4.79 Å². The Labute approximate surface area is 76.1 Å². The van der Waals surface area contributed by atoms with Gasteiger partial charge in [0.1, 0.15) is 0 Å². The molecule has 0 radical (unpaired) electrons. The Kier molecular flexibility index (Phi) is 5.25. The van der Waals surface area contributed by atoms with Gasteiger partial charge in [-0.15, -0.1) is 0 Å². The van der Waals surface area contributed by atoms with Gasteiger partial charge in [-0.1, -0.05) is 0 Å².